The predicted molar refractivity (Wildman–Crippen MR) is 64.7 cm³/mol. The van der Waals surface area contributed by atoms with Crippen LogP contribution < -0.4 is 9.47 Å². The molecular formula is C12H13BrO3. The summed E-state index contributed by atoms with van der Waals surface area (Å²) in [5.41, 5.74) is 0.0409. The van der Waals surface area contributed by atoms with E-state index >= 15 is 0 Å². The maximum Gasteiger partial charge on any atom is 0.184 e. The number of ketones is 1. The summed E-state index contributed by atoms with van der Waals surface area (Å²) < 4.78 is 10.9. The molecular weight excluding hydrogens is 272 g/mol. The van der Waals surface area contributed by atoms with Gasteiger partial charge in [0.05, 0.1) is 12.7 Å². The van der Waals surface area contributed by atoms with Gasteiger partial charge in [-0.15, -0.1) is 0 Å². The van der Waals surface area contributed by atoms with Crippen molar-refractivity contribution in [2.75, 3.05) is 7.11 Å². The lowest BCUT2D eigenvalue weighted by atomic mass is 9.93. The summed E-state index contributed by atoms with van der Waals surface area (Å²) in [6.07, 6.45) is 0. The topological polar surface area (TPSA) is 35.5 Å². The highest BCUT2D eigenvalue weighted by molar-refractivity contribution is 9.10. The fraction of sp³-hybridized carbons (Fsp3) is 0.417. The Morgan fingerprint density at radius 3 is 2.75 bits per heavy atom. The van der Waals surface area contributed by atoms with Crippen LogP contribution in [0, 0.1) is 0 Å². The normalized spacial score (nSPS) is 22.2. The molecule has 0 saturated carbocycles. The van der Waals surface area contributed by atoms with Crippen molar-refractivity contribution in [2.45, 2.75) is 24.3 Å². The number of carbonyl (C=O) groups is 1. The number of alkyl halides is 1. The zero-order valence-electron chi connectivity index (χ0n) is 9.41. The van der Waals surface area contributed by atoms with Crippen molar-refractivity contribution in [2.24, 2.45) is 0 Å². The van der Waals surface area contributed by atoms with E-state index in [1.165, 1.54) is 0 Å². The number of benzene rings is 1. The van der Waals surface area contributed by atoms with Crippen LogP contribution in [0.15, 0.2) is 18.2 Å². The van der Waals surface area contributed by atoms with Gasteiger partial charge in [-0.1, -0.05) is 15.9 Å². The molecule has 1 atom stereocenters. The van der Waals surface area contributed by atoms with Crippen molar-refractivity contribution >= 4 is 21.7 Å². The summed E-state index contributed by atoms with van der Waals surface area (Å²) in [7, 11) is 1.57. The molecule has 3 nitrogen and oxygen atoms in total. The number of ether oxygens (including phenoxy) is 2. The minimum absolute atomic E-state index is 0.0325. The lowest BCUT2D eigenvalue weighted by Crippen LogP contribution is -2.46. The van der Waals surface area contributed by atoms with E-state index < -0.39 is 5.60 Å². The van der Waals surface area contributed by atoms with E-state index in [2.05, 4.69) is 15.9 Å². The Kier molecular flexibility index (Phi) is 2.70. The van der Waals surface area contributed by atoms with E-state index in [-0.39, 0.29) is 10.6 Å². The number of methoxy groups -OCH3 is 1. The molecule has 16 heavy (non-hydrogen) atoms. The highest BCUT2D eigenvalue weighted by Crippen LogP contribution is 2.38. The highest BCUT2D eigenvalue weighted by Gasteiger charge is 2.41. The van der Waals surface area contributed by atoms with Crippen molar-refractivity contribution < 1.29 is 14.3 Å². The van der Waals surface area contributed by atoms with E-state index in [0.717, 1.165) is 0 Å². The first-order valence-corrected chi connectivity index (χ1v) is 5.92. The van der Waals surface area contributed by atoms with E-state index in [9.17, 15) is 4.79 Å². The Hall–Kier alpha value is -1.03. The first-order chi connectivity index (χ1) is 7.45. The molecule has 86 valence electrons. The maximum atomic E-state index is 12.1. The number of halogens is 1. The van der Waals surface area contributed by atoms with Crippen molar-refractivity contribution in [1.82, 2.24) is 0 Å². The van der Waals surface area contributed by atoms with Gasteiger partial charge in [-0.2, -0.15) is 0 Å². The van der Waals surface area contributed by atoms with Crippen LogP contribution in [0.2, 0.25) is 0 Å². The largest absolute Gasteiger partial charge is 0.497 e. The summed E-state index contributed by atoms with van der Waals surface area (Å²) >= 11 is 3.38. The number of hydrogen-bond donors (Lipinski definition) is 0. The Bertz CT molecular complexity index is 440. The van der Waals surface area contributed by atoms with Crippen LogP contribution in [-0.2, 0) is 0 Å². The second-order valence-electron chi connectivity index (χ2n) is 4.29. The van der Waals surface area contributed by atoms with Gasteiger partial charge in [0.2, 0.25) is 0 Å². The van der Waals surface area contributed by atoms with Crippen molar-refractivity contribution in [3.05, 3.63) is 23.8 Å². The molecule has 1 unspecified atom stereocenters. The van der Waals surface area contributed by atoms with E-state index in [1.807, 2.05) is 13.8 Å². The molecule has 0 amide bonds. The van der Waals surface area contributed by atoms with Crippen LogP contribution in [0.3, 0.4) is 0 Å². The van der Waals surface area contributed by atoms with Gasteiger partial charge in [-0.25, -0.2) is 0 Å². The van der Waals surface area contributed by atoms with Gasteiger partial charge in [0.1, 0.15) is 21.9 Å². The number of Topliss-reactive ketones (excluding diaryl/α,β-unsaturated/α-hetero) is 1. The average Bonchev–Trinajstić information content (AvgIpc) is 2.25. The van der Waals surface area contributed by atoms with E-state index in [1.54, 1.807) is 25.3 Å². The summed E-state index contributed by atoms with van der Waals surface area (Å²) in [6, 6.07) is 5.27. The molecule has 0 bridgehead atoms. The molecule has 1 aromatic carbocycles. The quantitative estimate of drug-likeness (QED) is 0.744. The number of fused-ring (bicyclic) bond motifs is 1. The summed E-state index contributed by atoms with van der Waals surface area (Å²) in [5.74, 6) is 1.31. The van der Waals surface area contributed by atoms with Gasteiger partial charge in [-0.3, -0.25) is 4.79 Å². The summed E-state index contributed by atoms with van der Waals surface area (Å²) in [4.78, 5) is 11.8. The van der Waals surface area contributed by atoms with Gasteiger partial charge >= 0.3 is 0 Å². The van der Waals surface area contributed by atoms with E-state index in [4.69, 9.17) is 9.47 Å². The standard InChI is InChI=1S/C12H13BrO3/c1-12(2)11(13)10(14)8-6-7(15-3)4-5-9(8)16-12/h4-6,11H,1-3H3. The van der Waals surface area contributed by atoms with Gasteiger partial charge in [-0.05, 0) is 32.0 Å². The SMILES string of the molecule is COc1ccc2c(c1)C(=O)C(Br)C(C)(C)O2. The molecule has 1 aliphatic heterocycles. The molecule has 0 aromatic heterocycles. The average molecular weight is 285 g/mol. The molecule has 1 aromatic rings. The highest BCUT2D eigenvalue weighted by atomic mass is 79.9. The number of carbonyl (C=O) groups excluding carboxylic acids is 1. The molecule has 0 spiro atoms. The Labute approximate surface area is 103 Å². The molecule has 1 aliphatic rings. The smallest absolute Gasteiger partial charge is 0.184 e. The molecule has 0 saturated heterocycles. The molecule has 0 N–H and O–H groups in total. The molecule has 0 aliphatic carbocycles. The van der Waals surface area contributed by atoms with Gasteiger partial charge in [0.15, 0.2) is 5.78 Å². The first kappa shape index (κ1) is 11.5. The van der Waals surface area contributed by atoms with Crippen LogP contribution in [0.1, 0.15) is 24.2 Å². The van der Waals surface area contributed by atoms with Crippen molar-refractivity contribution in [3.63, 3.8) is 0 Å². The molecule has 0 radical (unpaired) electrons. The first-order valence-electron chi connectivity index (χ1n) is 5.01. The third-order valence-electron chi connectivity index (χ3n) is 2.67. The number of rotatable bonds is 1. The van der Waals surface area contributed by atoms with Crippen LogP contribution in [0.5, 0.6) is 11.5 Å². The van der Waals surface area contributed by atoms with Crippen molar-refractivity contribution in [3.8, 4) is 11.5 Å². The van der Waals surface area contributed by atoms with Crippen LogP contribution in [-0.4, -0.2) is 23.3 Å². The molecule has 0 fully saturated rings. The predicted octanol–water partition coefficient (Wildman–Crippen LogP) is 2.81. The zero-order valence-corrected chi connectivity index (χ0v) is 11.0. The third kappa shape index (κ3) is 1.71. The van der Waals surface area contributed by atoms with Gasteiger partial charge in [0.25, 0.3) is 0 Å². The van der Waals surface area contributed by atoms with Crippen molar-refractivity contribution in [1.29, 1.82) is 0 Å². The van der Waals surface area contributed by atoms with Crippen LogP contribution >= 0.6 is 15.9 Å². The number of hydrogen-bond acceptors (Lipinski definition) is 3. The molecule has 2 rings (SSSR count). The maximum absolute atomic E-state index is 12.1. The lowest BCUT2D eigenvalue weighted by Gasteiger charge is -2.35. The van der Waals surface area contributed by atoms with Crippen LogP contribution in [0.4, 0.5) is 0 Å². The fourth-order valence-electron chi connectivity index (χ4n) is 1.70. The summed E-state index contributed by atoms with van der Waals surface area (Å²) in [6.45, 7) is 3.77. The fourth-order valence-corrected chi connectivity index (χ4v) is 2.05. The minimum atomic E-state index is -0.529. The Morgan fingerprint density at radius 2 is 2.12 bits per heavy atom. The molecule has 1 heterocycles. The second kappa shape index (κ2) is 3.77. The second-order valence-corrected chi connectivity index (χ2v) is 5.21. The lowest BCUT2D eigenvalue weighted by molar-refractivity contribution is 0.0667. The summed E-state index contributed by atoms with van der Waals surface area (Å²) in [5, 5.41) is 0. The van der Waals surface area contributed by atoms with E-state index in [0.29, 0.717) is 17.1 Å². The Morgan fingerprint density at radius 1 is 1.44 bits per heavy atom. The molecule has 4 heteroatoms. The minimum Gasteiger partial charge on any atom is -0.497 e. The van der Waals surface area contributed by atoms with Gasteiger partial charge in [0, 0.05) is 0 Å². The Balaban J connectivity index is 2.51. The zero-order chi connectivity index (χ0) is 11.9. The van der Waals surface area contributed by atoms with Gasteiger partial charge < -0.3 is 9.47 Å². The third-order valence-corrected chi connectivity index (χ3v) is 4.18. The monoisotopic (exact) mass is 284 g/mol. The van der Waals surface area contributed by atoms with Crippen LogP contribution in [0.25, 0.3) is 0 Å².